The number of carbonyl (C=O) groups excluding carboxylic acids is 3. The number of hydrogen-bond donors (Lipinski definition) is 2. The van der Waals surface area contributed by atoms with Crippen LogP contribution in [0.3, 0.4) is 0 Å². The minimum Gasteiger partial charge on any atom is -0.449 e. The van der Waals surface area contributed by atoms with E-state index in [0.29, 0.717) is 10.6 Å². The maximum absolute atomic E-state index is 12.4. The molecule has 0 radical (unpaired) electrons. The monoisotopic (exact) mass is 386 g/mol. The van der Waals surface area contributed by atoms with Crippen LogP contribution in [-0.2, 0) is 9.53 Å². The first-order chi connectivity index (χ1) is 13.0. The third-order valence-corrected chi connectivity index (χ3v) is 5.32. The van der Waals surface area contributed by atoms with Crippen LogP contribution >= 0.6 is 11.3 Å². The molecule has 27 heavy (non-hydrogen) atoms. The number of carbonyl (C=O) groups is 3. The van der Waals surface area contributed by atoms with Gasteiger partial charge in [0.25, 0.3) is 11.8 Å². The number of amides is 2. The number of anilines is 1. The molecule has 1 atom stereocenters. The Morgan fingerprint density at radius 2 is 1.93 bits per heavy atom. The Balaban J connectivity index is 1.57. The van der Waals surface area contributed by atoms with E-state index < -0.39 is 12.1 Å². The van der Waals surface area contributed by atoms with Gasteiger partial charge in [-0.25, -0.2) is 4.79 Å². The molecule has 1 saturated carbocycles. The van der Waals surface area contributed by atoms with Crippen LogP contribution in [-0.4, -0.2) is 29.9 Å². The number of nitrogens with one attached hydrogen (secondary N) is 2. The van der Waals surface area contributed by atoms with Crippen LogP contribution in [0.15, 0.2) is 41.8 Å². The molecule has 3 rings (SSSR count). The lowest BCUT2D eigenvalue weighted by Crippen LogP contribution is -2.40. The molecule has 7 heteroatoms. The van der Waals surface area contributed by atoms with Crippen molar-refractivity contribution in [3.63, 3.8) is 0 Å². The first-order valence-corrected chi connectivity index (χ1v) is 9.87. The van der Waals surface area contributed by atoms with Crippen molar-refractivity contribution in [3.8, 4) is 0 Å². The van der Waals surface area contributed by atoms with Gasteiger partial charge >= 0.3 is 5.97 Å². The van der Waals surface area contributed by atoms with Crippen molar-refractivity contribution in [2.24, 2.45) is 0 Å². The second kappa shape index (κ2) is 8.81. The Morgan fingerprint density at radius 3 is 2.63 bits per heavy atom. The second-order valence-electron chi connectivity index (χ2n) is 6.55. The molecule has 0 bridgehead atoms. The zero-order valence-electron chi connectivity index (χ0n) is 15.1. The molecule has 142 valence electrons. The molecule has 0 unspecified atom stereocenters. The first kappa shape index (κ1) is 19.1. The van der Waals surface area contributed by atoms with Crippen molar-refractivity contribution in [2.75, 3.05) is 5.32 Å². The molecule has 2 N–H and O–H groups in total. The third-order valence-electron chi connectivity index (χ3n) is 4.46. The van der Waals surface area contributed by atoms with Crippen LogP contribution in [0.5, 0.6) is 0 Å². The minimum absolute atomic E-state index is 0.175. The quantitative estimate of drug-likeness (QED) is 0.743. The Morgan fingerprint density at radius 1 is 1.15 bits per heavy atom. The Kier molecular flexibility index (Phi) is 6.24. The zero-order chi connectivity index (χ0) is 19.2. The Bertz CT molecular complexity index is 813. The maximum Gasteiger partial charge on any atom is 0.338 e. The van der Waals surface area contributed by atoms with Gasteiger partial charge in [0.2, 0.25) is 0 Å². The maximum atomic E-state index is 12.4. The van der Waals surface area contributed by atoms with E-state index in [1.54, 1.807) is 37.3 Å². The smallest absolute Gasteiger partial charge is 0.338 e. The standard InChI is InChI=1S/C20H22N2O4S/c1-13(18(23)21-15-7-2-3-8-15)26-20(25)14-6-4-9-16(12-14)22-19(24)17-10-5-11-27-17/h4-6,9-13,15H,2-3,7-8H2,1H3,(H,21,23)(H,22,24)/t13-/m0/s1. The number of hydrogen-bond acceptors (Lipinski definition) is 5. The fourth-order valence-electron chi connectivity index (χ4n) is 3.00. The molecule has 1 fully saturated rings. The molecule has 2 aromatic rings. The molecule has 0 spiro atoms. The van der Waals surface area contributed by atoms with Gasteiger partial charge in [-0.3, -0.25) is 9.59 Å². The minimum atomic E-state index is -0.873. The SMILES string of the molecule is C[C@H](OC(=O)c1cccc(NC(=O)c2cccs2)c1)C(=O)NC1CCCC1. The molecule has 1 aromatic carbocycles. The van der Waals surface area contributed by atoms with Crippen LogP contribution < -0.4 is 10.6 Å². The van der Waals surface area contributed by atoms with Gasteiger partial charge in [0, 0.05) is 11.7 Å². The highest BCUT2D eigenvalue weighted by atomic mass is 32.1. The van der Waals surface area contributed by atoms with Crippen LogP contribution in [0.1, 0.15) is 52.6 Å². The lowest BCUT2D eigenvalue weighted by atomic mass is 10.2. The van der Waals surface area contributed by atoms with Crippen molar-refractivity contribution >= 4 is 34.8 Å². The summed E-state index contributed by atoms with van der Waals surface area (Å²) in [6, 6.07) is 10.2. The fraction of sp³-hybridized carbons (Fsp3) is 0.350. The van der Waals surface area contributed by atoms with Crippen molar-refractivity contribution in [2.45, 2.75) is 44.8 Å². The Hall–Kier alpha value is -2.67. The molecule has 2 amide bonds. The molecule has 1 aliphatic carbocycles. The lowest BCUT2D eigenvalue weighted by Gasteiger charge is -2.17. The van der Waals surface area contributed by atoms with Crippen LogP contribution in [0.25, 0.3) is 0 Å². The lowest BCUT2D eigenvalue weighted by molar-refractivity contribution is -0.129. The van der Waals surface area contributed by atoms with Gasteiger partial charge in [0.1, 0.15) is 0 Å². The summed E-state index contributed by atoms with van der Waals surface area (Å²) in [6.07, 6.45) is 3.30. The van der Waals surface area contributed by atoms with Gasteiger partial charge in [0.05, 0.1) is 10.4 Å². The van der Waals surface area contributed by atoms with E-state index in [9.17, 15) is 14.4 Å². The van der Waals surface area contributed by atoms with Crippen molar-refractivity contribution in [1.29, 1.82) is 0 Å². The normalized spacial score (nSPS) is 15.1. The van der Waals surface area contributed by atoms with E-state index in [0.717, 1.165) is 25.7 Å². The largest absolute Gasteiger partial charge is 0.449 e. The molecular weight excluding hydrogens is 364 g/mol. The molecule has 1 aromatic heterocycles. The number of ether oxygens (including phenoxy) is 1. The molecule has 1 heterocycles. The number of benzene rings is 1. The highest BCUT2D eigenvalue weighted by molar-refractivity contribution is 7.12. The van der Waals surface area contributed by atoms with Gasteiger partial charge in [0.15, 0.2) is 6.10 Å². The first-order valence-electron chi connectivity index (χ1n) is 8.99. The van der Waals surface area contributed by atoms with E-state index in [2.05, 4.69) is 10.6 Å². The number of rotatable bonds is 6. The van der Waals surface area contributed by atoms with E-state index >= 15 is 0 Å². The number of thiophene rings is 1. The van der Waals surface area contributed by atoms with E-state index in [-0.39, 0.29) is 23.4 Å². The summed E-state index contributed by atoms with van der Waals surface area (Å²) < 4.78 is 5.28. The highest BCUT2D eigenvalue weighted by Crippen LogP contribution is 2.18. The third kappa shape index (κ3) is 5.17. The van der Waals surface area contributed by atoms with E-state index in [1.165, 1.54) is 17.4 Å². The predicted molar refractivity (Wildman–Crippen MR) is 104 cm³/mol. The molecule has 6 nitrogen and oxygen atoms in total. The second-order valence-corrected chi connectivity index (χ2v) is 7.50. The molecule has 0 saturated heterocycles. The van der Waals surface area contributed by atoms with Crippen LogP contribution in [0, 0.1) is 0 Å². The average Bonchev–Trinajstić information content (AvgIpc) is 3.35. The Labute approximate surface area is 161 Å². The van der Waals surface area contributed by atoms with E-state index in [4.69, 9.17) is 4.74 Å². The summed E-state index contributed by atoms with van der Waals surface area (Å²) in [5, 5.41) is 7.49. The topological polar surface area (TPSA) is 84.5 Å². The number of esters is 1. The predicted octanol–water partition coefficient (Wildman–Crippen LogP) is 3.60. The van der Waals surface area contributed by atoms with Gasteiger partial charge in [-0.2, -0.15) is 0 Å². The van der Waals surface area contributed by atoms with Crippen molar-refractivity contribution < 1.29 is 19.1 Å². The van der Waals surface area contributed by atoms with Crippen molar-refractivity contribution in [1.82, 2.24) is 5.32 Å². The molecule has 0 aliphatic heterocycles. The van der Waals surface area contributed by atoms with Gasteiger partial charge < -0.3 is 15.4 Å². The summed E-state index contributed by atoms with van der Waals surface area (Å²) in [5.41, 5.74) is 0.769. The van der Waals surface area contributed by atoms with E-state index in [1.807, 2.05) is 5.38 Å². The van der Waals surface area contributed by atoms with Gasteiger partial charge in [-0.05, 0) is 49.4 Å². The summed E-state index contributed by atoms with van der Waals surface area (Å²) in [4.78, 5) is 37.2. The summed E-state index contributed by atoms with van der Waals surface area (Å²) in [6.45, 7) is 1.56. The van der Waals surface area contributed by atoms with Crippen LogP contribution in [0.2, 0.25) is 0 Å². The summed E-state index contributed by atoms with van der Waals surface area (Å²) in [5.74, 6) is -1.12. The van der Waals surface area contributed by atoms with Gasteiger partial charge in [-0.1, -0.05) is 25.0 Å². The fourth-order valence-corrected chi connectivity index (χ4v) is 3.61. The molecular formula is C20H22N2O4S. The zero-order valence-corrected chi connectivity index (χ0v) is 15.9. The summed E-state index contributed by atoms with van der Waals surface area (Å²) in [7, 11) is 0. The summed E-state index contributed by atoms with van der Waals surface area (Å²) >= 11 is 1.34. The average molecular weight is 386 g/mol. The van der Waals surface area contributed by atoms with Crippen molar-refractivity contribution in [3.05, 3.63) is 52.2 Å². The van der Waals surface area contributed by atoms with Gasteiger partial charge in [-0.15, -0.1) is 11.3 Å². The molecule has 1 aliphatic rings. The van der Waals surface area contributed by atoms with Crippen LogP contribution in [0.4, 0.5) is 5.69 Å². The highest BCUT2D eigenvalue weighted by Gasteiger charge is 2.23.